The number of rotatable bonds is 2. The van der Waals surface area contributed by atoms with Crippen LogP contribution in [0.15, 0.2) is 41.0 Å². The summed E-state index contributed by atoms with van der Waals surface area (Å²) in [5.74, 6) is 6.09. The van der Waals surface area contributed by atoms with Crippen LogP contribution in [0.1, 0.15) is 116 Å². The number of ketones is 2. The van der Waals surface area contributed by atoms with Crippen molar-refractivity contribution in [3.63, 3.8) is 0 Å². The van der Waals surface area contributed by atoms with Crippen LogP contribution in [0.5, 0.6) is 5.75 Å². The quantitative estimate of drug-likeness (QED) is 0.237. The van der Waals surface area contributed by atoms with Gasteiger partial charge in [0.25, 0.3) is 0 Å². The third kappa shape index (κ3) is 4.68. The molecule has 0 saturated heterocycles. The molecule has 5 fully saturated rings. The smallest absolute Gasteiger partial charge is 0.303 e. The van der Waals surface area contributed by atoms with Gasteiger partial charge in [0.1, 0.15) is 11.4 Å². The second-order valence-corrected chi connectivity index (χ2v) is 18.7. The number of hydrogen-bond acceptors (Lipinski definition) is 6. The van der Waals surface area contributed by atoms with Gasteiger partial charge < -0.3 is 14.9 Å². The zero-order valence-corrected chi connectivity index (χ0v) is 31.5. The third-order valence-electron chi connectivity index (χ3n) is 16.6. The standard InChI is InChI=1S/C24H29ClO4.C20H24O2/c1-12(26)24(29-13(2)27)8-6-16-14-10-20(25)19-11-21(28)15-9-18(15)23(19,4)17(14)5-7-22(16,24)3;1-3-20(22)11-9-18-17-6-4-13-12-14(21)5-7-15(13)16(17)8-10-19(18,20)2/h10-11,14-18H,5-9H2,1-4H3;1,5,7,12,16-18,21-22H,4,6,8-11H2,2H3/t14-,15+,16-,17-,18-,22?,23?,24-;16-,17-,18+,19?,20+/m01/s1. The maximum Gasteiger partial charge on any atom is 0.303 e. The predicted octanol–water partition coefficient (Wildman–Crippen LogP) is 8.22. The number of allylic oxidation sites excluding steroid dienone is 4. The zero-order valence-electron chi connectivity index (χ0n) is 30.8. The van der Waals surface area contributed by atoms with Crippen molar-refractivity contribution in [2.75, 3.05) is 0 Å². The van der Waals surface area contributed by atoms with E-state index in [0.29, 0.717) is 46.8 Å². The van der Waals surface area contributed by atoms with E-state index in [9.17, 15) is 24.6 Å². The lowest BCUT2D eigenvalue weighted by atomic mass is 9.47. The molecule has 13 atom stereocenters. The number of terminal acetylenes is 1. The fourth-order valence-corrected chi connectivity index (χ4v) is 14.3. The van der Waals surface area contributed by atoms with Crippen molar-refractivity contribution in [2.24, 2.45) is 57.7 Å². The van der Waals surface area contributed by atoms with Crippen LogP contribution in [0.2, 0.25) is 0 Å². The van der Waals surface area contributed by atoms with Crippen LogP contribution < -0.4 is 0 Å². The van der Waals surface area contributed by atoms with Gasteiger partial charge in [0.05, 0.1) is 0 Å². The van der Waals surface area contributed by atoms with Gasteiger partial charge in [-0.3, -0.25) is 14.4 Å². The largest absolute Gasteiger partial charge is 0.508 e. The lowest BCUT2D eigenvalue weighted by Gasteiger charge is -2.57. The molecule has 272 valence electrons. The van der Waals surface area contributed by atoms with Gasteiger partial charge in [-0.1, -0.05) is 50.4 Å². The van der Waals surface area contributed by atoms with Crippen molar-refractivity contribution in [3.8, 4) is 18.1 Å². The summed E-state index contributed by atoms with van der Waals surface area (Å²) in [7, 11) is 0. The monoisotopic (exact) mass is 712 g/mol. The highest BCUT2D eigenvalue weighted by molar-refractivity contribution is 6.32. The summed E-state index contributed by atoms with van der Waals surface area (Å²) in [6.07, 6.45) is 20.0. The maximum atomic E-state index is 12.8. The number of phenols is 1. The molecule has 9 rings (SSSR count). The second-order valence-electron chi connectivity index (χ2n) is 18.3. The van der Waals surface area contributed by atoms with Crippen molar-refractivity contribution >= 4 is 29.1 Å². The Morgan fingerprint density at radius 3 is 2.33 bits per heavy atom. The van der Waals surface area contributed by atoms with E-state index in [4.69, 9.17) is 22.8 Å². The summed E-state index contributed by atoms with van der Waals surface area (Å²) >= 11 is 6.79. The summed E-state index contributed by atoms with van der Waals surface area (Å²) in [5.41, 5.74) is 1.24. The summed E-state index contributed by atoms with van der Waals surface area (Å²) < 4.78 is 5.82. The van der Waals surface area contributed by atoms with Crippen molar-refractivity contribution in [1.29, 1.82) is 0 Å². The first kappa shape index (κ1) is 35.2. The Labute approximate surface area is 307 Å². The zero-order chi connectivity index (χ0) is 36.5. The molecule has 2 N–H and O–H groups in total. The first-order valence-corrected chi connectivity index (χ1v) is 19.8. The summed E-state index contributed by atoms with van der Waals surface area (Å²) in [6.45, 7) is 9.63. The van der Waals surface area contributed by atoms with Gasteiger partial charge in [-0.15, -0.1) is 6.42 Å². The van der Waals surface area contributed by atoms with E-state index >= 15 is 0 Å². The number of aromatic hydroxyl groups is 1. The fraction of sp³-hybridized carbons (Fsp3) is 0.659. The average Bonchev–Trinajstić information content (AvgIpc) is 3.79. The Kier molecular flexibility index (Phi) is 7.97. The minimum absolute atomic E-state index is 0.0423. The molecular weight excluding hydrogens is 660 g/mol. The first-order valence-electron chi connectivity index (χ1n) is 19.4. The number of carbonyl (C=O) groups is 3. The number of fused-ring (bicyclic) bond motifs is 12. The molecule has 1 aromatic carbocycles. The van der Waals surface area contributed by atoms with Crippen LogP contribution >= 0.6 is 11.6 Å². The second kappa shape index (κ2) is 11.6. The highest BCUT2D eigenvalue weighted by Gasteiger charge is 2.70. The number of aryl methyl sites for hydroxylation is 1. The molecule has 1 aromatic rings. The van der Waals surface area contributed by atoms with Crippen LogP contribution in [0.3, 0.4) is 0 Å². The molecule has 6 nitrogen and oxygen atoms in total. The summed E-state index contributed by atoms with van der Waals surface area (Å²) in [6, 6.07) is 5.87. The number of halogens is 1. The van der Waals surface area contributed by atoms with E-state index < -0.39 is 11.2 Å². The number of phenolic OH excluding ortho intramolecular Hbond substituents is 1. The normalized spacial score (nSPS) is 46.7. The van der Waals surface area contributed by atoms with Gasteiger partial charge in [0, 0.05) is 34.1 Å². The minimum atomic E-state index is -1.03. The van der Waals surface area contributed by atoms with Crippen LogP contribution in [0, 0.1) is 70.0 Å². The minimum Gasteiger partial charge on any atom is -0.508 e. The van der Waals surface area contributed by atoms with Crippen molar-refractivity contribution in [3.05, 3.63) is 52.1 Å². The average molecular weight is 713 g/mol. The molecule has 8 aliphatic rings. The highest BCUT2D eigenvalue weighted by atomic mass is 35.5. The molecule has 0 aromatic heterocycles. The predicted molar refractivity (Wildman–Crippen MR) is 195 cm³/mol. The maximum absolute atomic E-state index is 12.8. The van der Waals surface area contributed by atoms with Crippen LogP contribution in [0.4, 0.5) is 0 Å². The Balaban J connectivity index is 0.000000152. The Morgan fingerprint density at radius 1 is 0.922 bits per heavy atom. The van der Waals surface area contributed by atoms with Gasteiger partial charge in [-0.2, -0.15) is 0 Å². The van der Waals surface area contributed by atoms with Crippen molar-refractivity contribution in [1.82, 2.24) is 0 Å². The molecule has 0 heterocycles. The van der Waals surface area contributed by atoms with Crippen LogP contribution in [0.25, 0.3) is 0 Å². The van der Waals surface area contributed by atoms with E-state index in [2.05, 4.69) is 38.8 Å². The highest BCUT2D eigenvalue weighted by Crippen LogP contribution is 2.72. The summed E-state index contributed by atoms with van der Waals surface area (Å²) in [5, 5.41) is 21.3. The van der Waals surface area contributed by atoms with Gasteiger partial charge in [0.2, 0.25) is 0 Å². The number of hydrogen-bond donors (Lipinski definition) is 2. The Bertz CT molecular complexity index is 1820. The van der Waals surface area contributed by atoms with Gasteiger partial charge in [-0.25, -0.2) is 0 Å². The van der Waals surface area contributed by atoms with Gasteiger partial charge >= 0.3 is 5.97 Å². The van der Waals surface area contributed by atoms with Crippen molar-refractivity contribution < 1.29 is 29.3 Å². The number of ether oxygens (including phenoxy) is 1. The van der Waals surface area contributed by atoms with E-state index in [1.54, 1.807) is 6.92 Å². The lowest BCUT2D eigenvalue weighted by Crippen LogP contribution is -2.58. The fourth-order valence-electron chi connectivity index (χ4n) is 13.8. The molecule has 8 aliphatic carbocycles. The number of aliphatic hydroxyl groups is 1. The number of carbonyl (C=O) groups excluding carboxylic acids is 3. The summed E-state index contributed by atoms with van der Waals surface area (Å²) in [4.78, 5) is 37.1. The van der Waals surface area contributed by atoms with E-state index in [0.717, 1.165) is 69.8 Å². The number of esters is 1. The SMILES string of the molecule is C#C[C@]1(O)CC[C@H]2[C@@H]3CCc4cc(O)ccc4[C@H]3CCC21C.CC(=O)O[C@]1(C(C)=O)CC[C@H]2[C@@H]3C=C(Cl)C4=CC(=O)[C@@H]5C[C@@H]5C4(C)[C@H]3CCC21C. The molecule has 0 spiro atoms. The molecule has 51 heavy (non-hydrogen) atoms. The Hall–Kier alpha value is -2.88. The van der Waals surface area contributed by atoms with Crippen LogP contribution in [-0.2, 0) is 25.5 Å². The molecule has 0 amide bonds. The van der Waals surface area contributed by atoms with Crippen molar-refractivity contribution in [2.45, 2.75) is 122 Å². The third-order valence-corrected chi connectivity index (χ3v) is 16.9. The topological polar surface area (TPSA) is 101 Å². The first-order chi connectivity index (χ1) is 24.0. The Morgan fingerprint density at radius 2 is 1.63 bits per heavy atom. The number of benzene rings is 1. The molecule has 0 radical (unpaired) electrons. The van der Waals surface area contributed by atoms with E-state index in [-0.39, 0.29) is 51.5 Å². The molecular formula is C44H53ClO6. The molecule has 7 heteroatoms. The van der Waals surface area contributed by atoms with Gasteiger partial charge in [0.15, 0.2) is 17.2 Å². The molecule has 0 aliphatic heterocycles. The van der Waals surface area contributed by atoms with E-state index in [1.165, 1.54) is 18.1 Å². The molecule has 0 bridgehead atoms. The lowest BCUT2D eigenvalue weighted by molar-refractivity contribution is -0.185. The molecule has 5 saturated carbocycles. The number of Topliss-reactive ketones (excluding diaryl/α,β-unsaturated/α-hetero) is 1. The van der Waals surface area contributed by atoms with Crippen LogP contribution in [-0.4, -0.2) is 39.0 Å². The van der Waals surface area contributed by atoms with E-state index in [1.807, 2.05) is 18.2 Å². The molecule has 3 unspecified atom stereocenters. The van der Waals surface area contributed by atoms with Gasteiger partial charge in [-0.05, 0) is 154 Å².